The number of aromatic amines is 1. The Morgan fingerprint density at radius 2 is 2.05 bits per heavy atom. The molecular weight excluding hydrogens is 256 g/mol. The Labute approximate surface area is 115 Å². The summed E-state index contributed by atoms with van der Waals surface area (Å²) in [5.41, 5.74) is 1.38. The minimum atomic E-state index is -0.214. The molecule has 0 radical (unpaired) electrons. The molecule has 102 valence electrons. The summed E-state index contributed by atoms with van der Waals surface area (Å²) in [6, 6.07) is 8.70. The van der Waals surface area contributed by atoms with Gasteiger partial charge in [0.25, 0.3) is 5.91 Å². The molecule has 6 nitrogen and oxygen atoms in total. The quantitative estimate of drug-likeness (QED) is 0.892. The van der Waals surface area contributed by atoms with Crippen LogP contribution in [0.4, 0.5) is 11.5 Å². The number of nitrogens with one attached hydrogen (secondary N) is 2. The van der Waals surface area contributed by atoms with Gasteiger partial charge in [0.15, 0.2) is 0 Å². The van der Waals surface area contributed by atoms with Gasteiger partial charge in [-0.2, -0.15) is 5.10 Å². The molecule has 0 aliphatic carbocycles. The second kappa shape index (κ2) is 5.16. The molecule has 2 heterocycles. The first-order valence-corrected chi connectivity index (χ1v) is 6.45. The molecule has 1 aromatic carbocycles. The van der Waals surface area contributed by atoms with Crippen LogP contribution in [-0.4, -0.2) is 28.6 Å². The highest BCUT2D eigenvalue weighted by molar-refractivity contribution is 6.04. The van der Waals surface area contributed by atoms with Crippen LogP contribution in [-0.2, 0) is 4.79 Å². The summed E-state index contributed by atoms with van der Waals surface area (Å²) in [7, 11) is 0. The number of hydrogen-bond donors (Lipinski definition) is 2. The van der Waals surface area contributed by atoms with E-state index in [4.69, 9.17) is 0 Å². The van der Waals surface area contributed by atoms with Crippen molar-refractivity contribution in [2.45, 2.75) is 12.8 Å². The molecule has 1 saturated heterocycles. The zero-order valence-electron chi connectivity index (χ0n) is 10.8. The van der Waals surface area contributed by atoms with E-state index in [-0.39, 0.29) is 11.8 Å². The Morgan fingerprint density at radius 3 is 2.65 bits per heavy atom. The third kappa shape index (κ3) is 2.40. The van der Waals surface area contributed by atoms with Crippen molar-refractivity contribution >= 4 is 23.3 Å². The maximum Gasteiger partial charge on any atom is 0.256 e. The van der Waals surface area contributed by atoms with E-state index in [0.29, 0.717) is 17.8 Å². The number of benzene rings is 1. The molecule has 0 saturated carbocycles. The SMILES string of the molecule is O=C(Nc1ccn[nH]1)c1ccc(N2CCCC2=O)cc1. The molecule has 3 rings (SSSR count). The lowest BCUT2D eigenvalue weighted by molar-refractivity contribution is -0.117. The molecule has 6 heteroatoms. The molecule has 0 atom stereocenters. The van der Waals surface area contributed by atoms with Crippen LogP contribution in [0.25, 0.3) is 0 Å². The molecule has 1 aliphatic rings. The van der Waals surface area contributed by atoms with Crippen molar-refractivity contribution in [2.75, 3.05) is 16.8 Å². The van der Waals surface area contributed by atoms with Gasteiger partial charge < -0.3 is 10.2 Å². The standard InChI is InChI=1S/C14H14N4O2/c19-13-2-1-9-18(13)11-5-3-10(4-6-11)14(20)16-12-7-8-15-17-12/h3-8H,1-2,9H2,(H2,15,16,17,20). The number of anilines is 2. The number of hydrogen-bond acceptors (Lipinski definition) is 3. The minimum absolute atomic E-state index is 0.139. The van der Waals surface area contributed by atoms with Gasteiger partial charge in [-0.25, -0.2) is 0 Å². The maximum atomic E-state index is 12.0. The fourth-order valence-electron chi connectivity index (χ4n) is 2.23. The van der Waals surface area contributed by atoms with Gasteiger partial charge in [-0.3, -0.25) is 14.7 Å². The van der Waals surface area contributed by atoms with Crippen molar-refractivity contribution in [2.24, 2.45) is 0 Å². The van der Waals surface area contributed by atoms with Gasteiger partial charge in [-0.1, -0.05) is 0 Å². The Morgan fingerprint density at radius 1 is 1.25 bits per heavy atom. The molecule has 20 heavy (non-hydrogen) atoms. The molecule has 1 aliphatic heterocycles. The van der Waals surface area contributed by atoms with E-state index in [0.717, 1.165) is 18.7 Å². The first-order chi connectivity index (χ1) is 9.74. The minimum Gasteiger partial charge on any atom is -0.312 e. The lowest BCUT2D eigenvalue weighted by Gasteiger charge is -2.15. The summed E-state index contributed by atoms with van der Waals surface area (Å²) in [6.07, 6.45) is 3.06. The smallest absolute Gasteiger partial charge is 0.256 e. The van der Waals surface area contributed by atoms with E-state index < -0.39 is 0 Å². The second-order valence-electron chi connectivity index (χ2n) is 4.62. The molecule has 2 aromatic rings. The normalized spacial score (nSPS) is 14.6. The van der Waals surface area contributed by atoms with Gasteiger partial charge in [0.2, 0.25) is 5.91 Å². The third-order valence-electron chi connectivity index (χ3n) is 3.26. The van der Waals surface area contributed by atoms with Gasteiger partial charge in [-0.05, 0) is 30.7 Å². The molecule has 0 spiro atoms. The Balaban J connectivity index is 1.72. The number of nitrogens with zero attached hydrogens (tertiary/aromatic N) is 2. The number of carbonyl (C=O) groups is 2. The second-order valence-corrected chi connectivity index (χ2v) is 4.62. The predicted molar refractivity (Wildman–Crippen MR) is 74.6 cm³/mol. The van der Waals surface area contributed by atoms with Crippen molar-refractivity contribution in [3.8, 4) is 0 Å². The largest absolute Gasteiger partial charge is 0.312 e. The van der Waals surface area contributed by atoms with Crippen LogP contribution in [0, 0.1) is 0 Å². The highest BCUT2D eigenvalue weighted by atomic mass is 16.2. The van der Waals surface area contributed by atoms with Crippen LogP contribution in [0.15, 0.2) is 36.5 Å². The van der Waals surface area contributed by atoms with E-state index in [9.17, 15) is 9.59 Å². The lowest BCUT2D eigenvalue weighted by atomic mass is 10.2. The number of H-pyrrole nitrogens is 1. The first kappa shape index (κ1) is 12.4. The zero-order valence-corrected chi connectivity index (χ0v) is 10.8. The number of carbonyl (C=O) groups excluding carboxylic acids is 2. The van der Waals surface area contributed by atoms with Crippen molar-refractivity contribution in [1.82, 2.24) is 10.2 Å². The van der Waals surface area contributed by atoms with E-state index in [2.05, 4.69) is 15.5 Å². The maximum absolute atomic E-state index is 12.0. The number of amides is 2. The van der Waals surface area contributed by atoms with Crippen LogP contribution in [0.2, 0.25) is 0 Å². The highest BCUT2D eigenvalue weighted by Crippen LogP contribution is 2.21. The highest BCUT2D eigenvalue weighted by Gasteiger charge is 2.21. The van der Waals surface area contributed by atoms with E-state index >= 15 is 0 Å². The van der Waals surface area contributed by atoms with Gasteiger partial charge >= 0.3 is 0 Å². The van der Waals surface area contributed by atoms with Crippen LogP contribution < -0.4 is 10.2 Å². The van der Waals surface area contributed by atoms with Crippen LogP contribution in [0.1, 0.15) is 23.2 Å². The van der Waals surface area contributed by atoms with E-state index in [1.807, 2.05) is 0 Å². The molecule has 2 N–H and O–H groups in total. The molecule has 0 unspecified atom stereocenters. The summed E-state index contributed by atoms with van der Waals surface area (Å²) >= 11 is 0. The summed E-state index contributed by atoms with van der Waals surface area (Å²) in [6.45, 7) is 0.749. The van der Waals surface area contributed by atoms with E-state index in [1.54, 1.807) is 41.4 Å². The fourth-order valence-corrected chi connectivity index (χ4v) is 2.23. The topological polar surface area (TPSA) is 78.1 Å². The lowest BCUT2D eigenvalue weighted by Crippen LogP contribution is -2.23. The predicted octanol–water partition coefficient (Wildman–Crippen LogP) is 1.79. The molecule has 0 bridgehead atoms. The van der Waals surface area contributed by atoms with Crippen molar-refractivity contribution in [3.63, 3.8) is 0 Å². The van der Waals surface area contributed by atoms with Crippen molar-refractivity contribution in [3.05, 3.63) is 42.1 Å². The monoisotopic (exact) mass is 270 g/mol. The summed E-state index contributed by atoms with van der Waals surface area (Å²) < 4.78 is 0. The Hall–Kier alpha value is -2.63. The van der Waals surface area contributed by atoms with Gasteiger partial charge in [0.05, 0.1) is 6.20 Å². The first-order valence-electron chi connectivity index (χ1n) is 6.45. The molecule has 1 aromatic heterocycles. The average molecular weight is 270 g/mol. The van der Waals surface area contributed by atoms with Crippen LogP contribution in [0.5, 0.6) is 0 Å². The Bertz CT molecular complexity index is 619. The van der Waals surface area contributed by atoms with Gasteiger partial charge in [-0.15, -0.1) is 0 Å². The number of rotatable bonds is 3. The Kier molecular flexibility index (Phi) is 3.20. The molecular formula is C14H14N4O2. The molecule has 2 amide bonds. The zero-order chi connectivity index (χ0) is 13.9. The van der Waals surface area contributed by atoms with Crippen molar-refractivity contribution < 1.29 is 9.59 Å². The fraction of sp³-hybridized carbons (Fsp3) is 0.214. The van der Waals surface area contributed by atoms with Crippen molar-refractivity contribution in [1.29, 1.82) is 0 Å². The van der Waals surface area contributed by atoms with Gasteiger partial charge in [0.1, 0.15) is 5.82 Å². The van der Waals surface area contributed by atoms with Crippen LogP contribution >= 0.6 is 0 Å². The molecule has 1 fully saturated rings. The summed E-state index contributed by atoms with van der Waals surface area (Å²) in [4.78, 5) is 25.4. The average Bonchev–Trinajstić information content (AvgIpc) is 3.10. The van der Waals surface area contributed by atoms with Crippen LogP contribution in [0.3, 0.4) is 0 Å². The van der Waals surface area contributed by atoms with E-state index in [1.165, 1.54) is 0 Å². The third-order valence-corrected chi connectivity index (χ3v) is 3.26. The van der Waals surface area contributed by atoms with Gasteiger partial charge in [0, 0.05) is 30.3 Å². The summed E-state index contributed by atoms with van der Waals surface area (Å²) in [5, 5.41) is 9.12. The summed E-state index contributed by atoms with van der Waals surface area (Å²) in [5.74, 6) is 0.474. The number of aromatic nitrogens is 2.